The van der Waals surface area contributed by atoms with Crippen molar-refractivity contribution in [2.24, 2.45) is 5.92 Å². The van der Waals surface area contributed by atoms with Gasteiger partial charge < -0.3 is 29.0 Å². The van der Waals surface area contributed by atoms with Gasteiger partial charge in [0.1, 0.15) is 35.1 Å². The third-order valence-corrected chi connectivity index (χ3v) is 11.6. The van der Waals surface area contributed by atoms with Crippen molar-refractivity contribution in [3.63, 3.8) is 0 Å². The number of fused-ring (bicyclic) bond motifs is 2. The van der Waals surface area contributed by atoms with E-state index in [0.717, 1.165) is 58.1 Å². The molecule has 0 bridgehead atoms. The average molecular weight is 821 g/mol. The standard InChI is InChI=1S/C18H16O2S.C17H14O2S.C10H17BO4.C2H6/c19-12-14-11-18(14,17-9-4-10-21-17)20-16-8-3-6-13-5-1-2-7-15(13)16;18-11-10-16(17-9-4-12-20-17)19-15-8-3-6-13-5-1-2-7-14(13)15;1-4-5-6-11-14-9(7(2)12)10(15-11)8(3)13;1-2/h1-10,14,19H,11-12H2;1-10,12,18H,11H2;9-10H,4-6H2,1-3H3;1-2H3/b;16-10+;;/t14-,18+;;9-,10?;/m0.0./s1. The molecule has 58 heavy (non-hydrogen) atoms. The molecule has 0 amide bonds. The van der Waals surface area contributed by atoms with Gasteiger partial charge in [-0.25, -0.2) is 0 Å². The predicted octanol–water partition coefficient (Wildman–Crippen LogP) is 10.8. The van der Waals surface area contributed by atoms with Gasteiger partial charge in [0, 0.05) is 28.0 Å². The lowest BCUT2D eigenvalue weighted by atomic mass is 9.83. The zero-order chi connectivity index (χ0) is 41.5. The van der Waals surface area contributed by atoms with Gasteiger partial charge in [-0.2, -0.15) is 0 Å². The first-order chi connectivity index (χ1) is 28.3. The number of benzene rings is 4. The van der Waals surface area contributed by atoms with Gasteiger partial charge in [0.25, 0.3) is 0 Å². The topological polar surface area (TPSA) is 112 Å². The summed E-state index contributed by atoms with van der Waals surface area (Å²) in [6, 6.07) is 36.6. The number of hydrogen-bond donors (Lipinski definition) is 2. The summed E-state index contributed by atoms with van der Waals surface area (Å²) >= 11 is 3.29. The smallest absolute Gasteiger partial charge is 0.458 e. The second-order valence-corrected chi connectivity index (χ2v) is 15.6. The predicted molar refractivity (Wildman–Crippen MR) is 238 cm³/mol. The number of ketones is 2. The van der Waals surface area contributed by atoms with E-state index in [1.54, 1.807) is 28.7 Å². The molecule has 1 aliphatic heterocycles. The van der Waals surface area contributed by atoms with Gasteiger partial charge in [0.15, 0.2) is 11.6 Å². The number of unbranched alkanes of at least 4 members (excludes halogenated alkanes) is 1. The maximum atomic E-state index is 11.2. The van der Waals surface area contributed by atoms with E-state index in [-0.39, 0.29) is 36.3 Å². The first-order valence-corrected chi connectivity index (χ1v) is 21.7. The molecule has 1 saturated heterocycles. The van der Waals surface area contributed by atoms with Gasteiger partial charge in [0.05, 0.1) is 18.1 Å². The summed E-state index contributed by atoms with van der Waals surface area (Å²) in [7, 11) is -0.396. The molecule has 3 heterocycles. The van der Waals surface area contributed by atoms with Crippen molar-refractivity contribution in [2.75, 3.05) is 13.2 Å². The third kappa shape index (κ3) is 11.1. The van der Waals surface area contributed by atoms with Gasteiger partial charge in [-0.05, 0) is 72.0 Å². The number of carbonyl (C=O) groups is 2. The van der Waals surface area contributed by atoms with Crippen molar-refractivity contribution in [3.05, 3.63) is 136 Å². The van der Waals surface area contributed by atoms with Gasteiger partial charge in [0.2, 0.25) is 0 Å². The Morgan fingerprint density at radius 2 is 1.34 bits per heavy atom. The molecule has 8 nitrogen and oxygen atoms in total. The number of aliphatic hydroxyl groups excluding tert-OH is 2. The van der Waals surface area contributed by atoms with Crippen molar-refractivity contribution >= 4 is 68.7 Å². The third-order valence-electron chi connectivity index (χ3n) is 9.73. The van der Waals surface area contributed by atoms with Crippen LogP contribution in [0.15, 0.2) is 126 Å². The number of ether oxygens (including phenoxy) is 2. The van der Waals surface area contributed by atoms with E-state index in [9.17, 15) is 19.8 Å². The number of rotatable bonds is 13. The summed E-state index contributed by atoms with van der Waals surface area (Å²) < 4.78 is 23.3. The minimum Gasteiger partial charge on any atom is -0.481 e. The molecule has 2 fully saturated rings. The fourth-order valence-electron chi connectivity index (χ4n) is 6.72. The lowest BCUT2D eigenvalue weighted by Crippen LogP contribution is -2.34. The molecule has 1 unspecified atom stereocenters. The summed E-state index contributed by atoms with van der Waals surface area (Å²) in [6.45, 7) is 9.04. The summed E-state index contributed by atoms with van der Waals surface area (Å²) in [4.78, 5) is 24.7. The zero-order valence-corrected chi connectivity index (χ0v) is 35.5. The van der Waals surface area contributed by atoms with Crippen LogP contribution < -0.4 is 9.47 Å². The Kier molecular flexibility index (Phi) is 16.8. The first-order valence-electron chi connectivity index (χ1n) is 19.9. The van der Waals surface area contributed by atoms with Crippen LogP contribution >= 0.6 is 22.7 Å². The lowest BCUT2D eigenvalue weighted by Gasteiger charge is -2.20. The summed E-state index contributed by atoms with van der Waals surface area (Å²) in [6.07, 6.45) is 3.91. The Hall–Kier alpha value is -4.62. The highest BCUT2D eigenvalue weighted by Crippen LogP contribution is 2.56. The van der Waals surface area contributed by atoms with Crippen LogP contribution in [0.3, 0.4) is 0 Å². The normalized spacial score (nSPS) is 19.5. The monoisotopic (exact) mass is 820 g/mol. The number of hydrogen-bond acceptors (Lipinski definition) is 10. The number of carbonyl (C=O) groups excluding carboxylic acids is 2. The quantitative estimate of drug-likeness (QED) is 0.0875. The van der Waals surface area contributed by atoms with E-state index in [0.29, 0.717) is 5.76 Å². The fraction of sp³-hybridized carbons (Fsp3) is 0.319. The van der Waals surface area contributed by atoms with Crippen molar-refractivity contribution in [1.29, 1.82) is 0 Å². The van der Waals surface area contributed by atoms with E-state index in [2.05, 4.69) is 48.7 Å². The minimum atomic E-state index is -0.704. The molecule has 0 spiro atoms. The van der Waals surface area contributed by atoms with Crippen LogP contribution in [0.2, 0.25) is 6.32 Å². The summed E-state index contributed by atoms with van der Waals surface area (Å²) in [5, 5.41) is 27.3. The van der Waals surface area contributed by atoms with Gasteiger partial charge in [-0.3, -0.25) is 9.59 Å². The molecule has 304 valence electrons. The van der Waals surface area contributed by atoms with Crippen LogP contribution in [-0.2, 0) is 24.5 Å². The molecule has 8 rings (SSSR count). The molecule has 1 saturated carbocycles. The van der Waals surface area contributed by atoms with Crippen LogP contribution in [0.1, 0.15) is 63.6 Å². The molecule has 11 heteroatoms. The van der Waals surface area contributed by atoms with Crippen molar-refractivity contribution in [2.45, 2.75) is 78.0 Å². The van der Waals surface area contributed by atoms with Gasteiger partial charge in [-0.15, -0.1) is 22.7 Å². The molecule has 6 aromatic rings. The van der Waals surface area contributed by atoms with E-state index < -0.39 is 19.3 Å². The molecule has 4 aromatic carbocycles. The van der Waals surface area contributed by atoms with Crippen LogP contribution in [-0.4, -0.2) is 54.3 Å². The molecule has 2 aliphatic rings. The van der Waals surface area contributed by atoms with E-state index in [1.165, 1.54) is 24.1 Å². The molecule has 2 N–H and O–H groups in total. The summed E-state index contributed by atoms with van der Waals surface area (Å²) in [5.74, 6) is 2.30. The average Bonchev–Trinajstić information content (AvgIpc) is 3.79. The second-order valence-electron chi connectivity index (χ2n) is 13.7. The second kappa shape index (κ2) is 21.9. The highest BCUT2D eigenvalue weighted by Gasteiger charge is 2.59. The Bertz CT molecular complexity index is 2190. The Labute approximate surface area is 350 Å². The first kappa shape index (κ1) is 44.5. The SMILES string of the molecule is CC.CCCCB1OC(C(C)=O)[C@H](C(C)=O)O1.OC/C=C(/Oc1cccc2ccccc12)c1cccs1.OC[C@@H]1C[C@]1(Oc1cccc2ccccc12)c1cccs1. The van der Waals surface area contributed by atoms with Gasteiger partial charge >= 0.3 is 7.12 Å². The lowest BCUT2D eigenvalue weighted by molar-refractivity contribution is -0.132. The Balaban J connectivity index is 0.000000165. The molecule has 0 radical (unpaired) electrons. The van der Waals surface area contributed by atoms with Crippen LogP contribution in [0.4, 0.5) is 0 Å². The van der Waals surface area contributed by atoms with E-state index in [4.69, 9.17) is 18.8 Å². The molecule has 4 atom stereocenters. The Morgan fingerprint density at radius 3 is 1.86 bits per heavy atom. The van der Waals surface area contributed by atoms with Crippen molar-refractivity contribution < 1.29 is 38.6 Å². The molecular formula is C47H53BO8S2. The van der Waals surface area contributed by atoms with Crippen LogP contribution in [0.25, 0.3) is 27.3 Å². The molecular weight excluding hydrogens is 767 g/mol. The number of Topliss-reactive ketones (excluding diaryl/α,β-unsaturated/α-hetero) is 2. The van der Waals surface area contributed by atoms with Crippen molar-refractivity contribution in [1.82, 2.24) is 0 Å². The van der Waals surface area contributed by atoms with E-state index in [1.807, 2.05) is 92.0 Å². The van der Waals surface area contributed by atoms with Crippen LogP contribution in [0.5, 0.6) is 11.5 Å². The highest BCUT2D eigenvalue weighted by molar-refractivity contribution is 7.11. The molecule has 2 aromatic heterocycles. The van der Waals surface area contributed by atoms with Crippen molar-refractivity contribution in [3.8, 4) is 11.5 Å². The maximum absolute atomic E-state index is 11.2. The summed E-state index contributed by atoms with van der Waals surface area (Å²) in [5.41, 5.74) is -0.340. The Morgan fingerprint density at radius 1 is 0.776 bits per heavy atom. The highest BCUT2D eigenvalue weighted by atomic mass is 32.1. The minimum absolute atomic E-state index is 0.0437. The van der Waals surface area contributed by atoms with Crippen LogP contribution in [0, 0.1) is 5.92 Å². The zero-order valence-electron chi connectivity index (χ0n) is 33.8. The maximum Gasteiger partial charge on any atom is 0.458 e. The fourth-order valence-corrected chi connectivity index (χ4v) is 8.37. The van der Waals surface area contributed by atoms with Gasteiger partial charge in [-0.1, -0.05) is 119 Å². The number of aliphatic hydroxyl groups is 2. The molecule has 1 aliphatic carbocycles. The number of thiophene rings is 2. The largest absolute Gasteiger partial charge is 0.481 e. The van der Waals surface area contributed by atoms with E-state index >= 15 is 0 Å².